The van der Waals surface area contributed by atoms with E-state index in [1.54, 1.807) is 19.1 Å². The minimum atomic E-state index is -0.275. The van der Waals surface area contributed by atoms with Crippen LogP contribution >= 0.6 is 0 Å². The predicted molar refractivity (Wildman–Crippen MR) is 82.7 cm³/mol. The molecule has 2 unspecified atom stereocenters. The number of hydrogen-bond donors (Lipinski definition) is 2. The lowest BCUT2D eigenvalue weighted by Gasteiger charge is -2.23. The van der Waals surface area contributed by atoms with Gasteiger partial charge in [0, 0.05) is 25.2 Å². The first kappa shape index (κ1) is 15.6. The van der Waals surface area contributed by atoms with E-state index in [1.807, 2.05) is 25.1 Å². The summed E-state index contributed by atoms with van der Waals surface area (Å²) in [5, 5.41) is 12.7. The molecule has 5 nitrogen and oxygen atoms in total. The zero-order chi connectivity index (χ0) is 15.4. The third-order valence-corrected chi connectivity index (χ3v) is 4.12. The molecule has 0 aromatic heterocycles. The SMILES string of the molecule is COc1ccc(NC(=O)N(C)CC2CCCC2O)cc1C. The Hall–Kier alpha value is -1.75. The molecule has 1 aliphatic carbocycles. The molecule has 1 saturated carbocycles. The van der Waals surface area contributed by atoms with E-state index in [1.165, 1.54) is 0 Å². The van der Waals surface area contributed by atoms with Crippen molar-refractivity contribution in [1.82, 2.24) is 4.90 Å². The van der Waals surface area contributed by atoms with Crippen LogP contribution in [0.2, 0.25) is 0 Å². The van der Waals surface area contributed by atoms with Crippen molar-refractivity contribution >= 4 is 11.7 Å². The topological polar surface area (TPSA) is 61.8 Å². The largest absolute Gasteiger partial charge is 0.496 e. The summed E-state index contributed by atoms with van der Waals surface area (Å²) in [5.74, 6) is 0.994. The summed E-state index contributed by atoms with van der Waals surface area (Å²) >= 11 is 0. The fourth-order valence-corrected chi connectivity index (χ4v) is 2.84. The molecule has 1 aliphatic rings. The van der Waals surface area contributed by atoms with Gasteiger partial charge in [0.1, 0.15) is 5.75 Å². The zero-order valence-corrected chi connectivity index (χ0v) is 12.9. The molecule has 2 N–H and O–H groups in total. The Balaban J connectivity index is 1.92. The van der Waals surface area contributed by atoms with Gasteiger partial charge in [0.25, 0.3) is 0 Å². The van der Waals surface area contributed by atoms with Crippen LogP contribution in [-0.2, 0) is 0 Å². The molecule has 1 fully saturated rings. The van der Waals surface area contributed by atoms with Crippen LogP contribution in [0.1, 0.15) is 24.8 Å². The lowest BCUT2D eigenvalue weighted by atomic mass is 10.1. The number of urea groups is 1. The Morgan fingerprint density at radius 3 is 2.81 bits per heavy atom. The van der Waals surface area contributed by atoms with Gasteiger partial charge in [0.15, 0.2) is 0 Å². The predicted octanol–water partition coefficient (Wildman–Crippen LogP) is 2.63. The smallest absolute Gasteiger partial charge is 0.321 e. The molecule has 2 amide bonds. The van der Waals surface area contributed by atoms with Gasteiger partial charge < -0.3 is 20.1 Å². The van der Waals surface area contributed by atoms with E-state index < -0.39 is 0 Å². The number of anilines is 1. The van der Waals surface area contributed by atoms with Crippen LogP contribution in [0.15, 0.2) is 18.2 Å². The van der Waals surface area contributed by atoms with Gasteiger partial charge >= 0.3 is 6.03 Å². The van der Waals surface area contributed by atoms with Gasteiger partial charge in [-0.3, -0.25) is 0 Å². The number of aryl methyl sites for hydroxylation is 1. The first-order valence-corrected chi connectivity index (χ1v) is 7.36. The summed E-state index contributed by atoms with van der Waals surface area (Å²) in [6.45, 7) is 2.52. The summed E-state index contributed by atoms with van der Waals surface area (Å²) in [6, 6.07) is 5.39. The average Bonchev–Trinajstić information content (AvgIpc) is 2.84. The Kier molecular flexibility index (Phi) is 5.07. The van der Waals surface area contributed by atoms with Crippen LogP contribution in [0.3, 0.4) is 0 Å². The molecule has 5 heteroatoms. The lowest BCUT2D eigenvalue weighted by Crippen LogP contribution is -2.37. The first-order valence-electron chi connectivity index (χ1n) is 7.36. The monoisotopic (exact) mass is 292 g/mol. The summed E-state index contributed by atoms with van der Waals surface area (Å²) in [6.07, 6.45) is 2.60. The van der Waals surface area contributed by atoms with E-state index in [4.69, 9.17) is 4.74 Å². The number of methoxy groups -OCH3 is 1. The molecule has 116 valence electrons. The molecule has 1 aromatic carbocycles. The zero-order valence-electron chi connectivity index (χ0n) is 12.9. The number of carbonyl (C=O) groups excluding carboxylic acids is 1. The van der Waals surface area contributed by atoms with Gasteiger partial charge in [0.05, 0.1) is 13.2 Å². The highest BCUT2D eigenvalue weighted by Crippen LogP contribution is 2.26. The van der Waals surface area contributed by atoms with Gasteiger partial charge in [-0.2, -0.15) is 0 Å². The molecule has 1 aromatic rings. The molecule has 0 spiro atoms. The summed E-state index contributed by atoms with van der Waals surface area (Å²) in [7, 11) is 3.39. The van der Waals surface area contributed by atoms with E-state index >= 15 is 0 Å². The van der Waals surface area contributed by atoms with Gasteiger partial charge in [-0.1, -0.05) is 6.42 Å². The second kappa shape index (κ2) is 6.80. The third kappa shape index (κ3) is 3.88. The van der Waals surface area contributed by atoms with Crippen molar-refractivity contribution in [3.05, 3.63) is 23.8 Å². The number of rotatable bonds is 4. The van der Waals surface area contributed by atoms with Crippen LogP contribution < -0.4 is 10.1 Å². The number of carbonyl (C=O) groups is 1. The van der Waals surface area contributed by atoms with E-state index in [9.17, 15) is 9.90 Å². The number of ether oxygens (including phenoxy) is 1. The minimum Gasteiger partial charge on any atom is -0.496 e. The van der Waals surface area contributed by atoms with E-state index in [-0.39, 0.29) is 18.1 Å². The summed E-state index contributed by atoms with van der Waals surface area (Å²) in [4.78, 5) is 13.8. The Labute approximate surface area is 125 Å². The van der Waals surface area contributed by atoms with E-state index in [2.05, 4.69) is 5.32 Å². The maximum absolute atomic E-state index is 12.2. The van der Waals surface area contributed by atoms with Crippen LogP contribution in [0, 0.1) is 12.8 Å². The van der Waals surface area contributed by atoms with Crippen molar-refractivity contribution in [3.8, 4) is 5.75 Å². The van der Waals surface area contributed by atoms with Crippen molar-refractivity contribution in [2.24, 2.45) is 5.92 Å². The Bertz CT molecular complexity index is 504. The number of benzene rings is 1. The van der Waals surface area contributed by atoms with Crippen molar-refractivity contribution in [1.29, 1.82) is 0 Å². The van der Waals surface area contributed by atoms with Crippen molar-refractivity contribution in [2.45, 2.75) is 32.3 Å². The van der Waals surface area contributed by atoms with Crippen LogP contribution in [0.25, 0.3) is 0 Å². The molecule has 2 atom stereocenters. The Morgan fingerprint density at radius 1 is 1.48 bits per heavy atom. The van der Waals surface area contributed by atoms with Gasteiger partial charge in [-0.05, 0) is 43.5 Å². The summed E-state index contributed by atoms with van der Waals surface area (Å²) in [5.41, 5.74) is 1.72. The second-order valence-corrected chi connectivity index (χ2v) is 5.75. The molecule has 0 aliphatic heterocycles. The Morgan fingerprint density at radius 2 is 2.24 bits per heavy atom. The average molecular weight is 292 g/mol. The molecule has 0 saturated heterocycles. The third-order valence-electron chi connectivity index (χ3n) is 4.12. The van der Waals surface area contributed by atoms with Crippen molar-refractivity contribution < 1.29 is 14.6 Å². The number of aliphatic hydroxyl groups excluding tert-OH is 1. The molecular weight excluding hydrogens is 268 g/mol. The quantitative estimate of drug-likeness (QED) is 0.896. The maximum atomic E-state index is 12.2. The highest BCUT2D eigenvalue weighted by atomic mass is 16.5. The number of nitrogens with zero attached hydrogens (tertiary/aromatic N) is 1. The normalized spacial score (nSPS) is 21.1. The molecule has 0 bridgehead atoms. The lowest BCUT2D eigenvalue weighted by molar-refractivity contribution is 0.116. The van der Waals surface area contributed by atoms with Crippen LogP contribution in [0.5, 0.6) is 5.75 Å². The van der Waals surface area contributed by atoms with Gasteiger partial charge in [-0.25, -0.2) is 4.79 Å². The first-order chi connectivity index (χ1) is 10.0. The molecular formula is C16H24N2O3. The second-order valence-electron chi connectivity index (χ2n) is 5.75. The van der Waals surface area contributed by atoms with Gasteiger partial charge in [0.2, 0.25) is 0 Å². The fraction of sp³-hybridized carbons (Fsp3) is 0.562. The van der Waals surface area contributed by atoms with E-state index in [0.717, 1.165) is 36.3 Å². The standard InChI is InChI=1S/C16H24N2O3/c1-11-9-13(7-8-15(11)21-3)17-16(20)18(2)10-12-5-4-6-14(12)19/h7-9,12,14,19H,4-6,10H2,1-3H3,(H,17,20). The van der Waals surface area contributed by atoms with E-state index in [0.29, 0.717) is 6.54 Å². The number of nitrogens with one attached hydrogen (secondary N) is 1. The maximum Gasteiger partial charge on any atom is 0.321 e. The number of hydrogen-bond acceptors (Lipinski definition) is 3. The van der Waals surface area contributed by atoms with Crippen LogP contribution in [0.4, 0.5) is 10.5 Å². The van der Waals surface area contributed by atoms with Crippen molar-refractivity contribution in [3.63, 3.8) is 0 Å². The summed E-state index contributed by atoms with van der Waals surface area (Å²) < 4.78 is 5.20. The minimum absolute atomic E-state index is 0.154. The van der Waals surface area contributed by atoms with Crippen molar-refractivity contribution in [2.75, 3.05) is 26.0 Å². The highest BCUT2D eigenvalue weighted by Gasteiger charge is 2.27. The number of amides is 2. The molecule has 0 radical (unpaired) electrons. The van der Waals surface area contributed by atoms with Gasteiger partial charge in [-0.15, -0.1) is 0 Å². The fourth-order valence-electron chi connectivity index (χ4n) is 2.84. The number of aliphatic hydroxyl groups is 1. The molecule has 2 rings (SSSR count). The van der Waals surface area contributed by atoms with Crippen LogP contribution in [-0.4, -0.2) is 42.8 Å². The molecule has 21 heavy (non-hydrogen) atoms. The highest BCUT2D eigenvalue weighted by molar-refractivity contribution is 5.89. The molecule has 0 heterocycles.